The Labute approximate surface area is 130 Å². The monoisotopic (exact) mass is 304 g/mol. The number of rotatable bonds is 4. The van der Waals surface area contributed by atoms with E-state index in [0.29, 0.717) is 32.0 Å². The van der Waals surface area contributed by atoms with Gasteiger partial charge in [-0.3, -0.25) is 9.69 Å². The van der Waals surface area contributed by atoms with Crippen LogP contribution in [0.4, 0.5) is 0 Å². The predicted octanol–water partition coefficient (Wildman–Crippen LogP) is 1.51. The van der Waals surface area contributed by atoms with Gasteiger partial charge in [-0.2, -0.15) is 0 Å². The van der Waals surface area contributed by atoms with E-state index in [1.807, 2.05) is 12.4 Å². The lowest BCUT2D eigenvalue weighted by Crippen LogP contribution is -2.50. The first-order valence-electron chi connectivity index (χ1n) is 8.12. The van der Waals surface area contributed by atoms with Gasteiger partial charge in [0.1, 0.15) is 11.4 Å². The molecule has 1 saturated heterocycles. The van der Waals surface area contributed by atoms with Crippen molar-refractivity contribution in [3.05, 3.63) is 23.8 Å². The molecular formula is C16H24N4O2. The molecule has 3 N–H and O–H groups in total. The Bertz CT molecular complexity index is 527. The summed E-state index contributed by atoms with van der Waals surface area (Å²) in [7, 11) is 0. The van der Waals surface area contributed by atoms with E-state index in [4.69, 9.17) is 10.8 Å². The Morgan fingerprint density at radius 1 is 1.32 bits per heavy atom. The number of aliphatic carboxylic acids is 1. The van der Waals surface area contributed by atoms with E-state index in [0.717, 1.165) is 11.4 Å². The van der Waals surface area contributed by atoms with Crippen molar-refractivity contribution in [2.75, 3.05) is 13.1 Å². The van der Waals surface area contributed by atoms with Gasteiger partial charge in [-0.05, 0) is 19.3 Å². The molecule has 3 rings (SSSR count). The summed E-state index contributed by atoms with van der Waals surface area (Å²) in [5, 5.41) is 9.16. The molecule has 120 valence electrons. The molecule has 2 fully saturated rings. The number of carboxylic acids is 1. The highest BCUT2D eigenvalue weighted by atomic mass is 16.4. The third kappa shape index (κ3) is 3.28. The van der Waals surface area contributed by atoms with Crippen molar-refractivity contribution in [3.63, 3.8) is 0 Å². The van der Waals surface area contributed by atoms with Gasteiger partial charge in [0, 0.05) is 43.5 Å². The summed E-state index contributed by atoms with van der Waals surface area (Å²) in [5.41, 5.74) is 5.81. The van der Waals surface area contributed by atoms with Gasteiger partial charge in [-0.15, -0.1) is 0 Å². The number of aromatic nitrogens is 2. The number of carbonyl (C=O) groups is 1. The Balaban J connectivity index is 1.59. The molecule has 1 aliphatic heterocycles. The highest BCUT2D eigenvalue weighted by Gasteiger charge is 2.41. The highest BCUT2D eigenvalue weighted by Crippen LogP contribution is 2.30. The summed E-state index contributed by atoms with van der Waals surface area (Å²) in [4.78, 5) is 22.3. The van der Waals surface area contributed by atoms with Crippen LogP contribution in [-0.2, 0) is 11.3 Å². The topological polar surface area (TPSA) is 92.3 Å². The van der Waals surface area contributed by atoms with Gasteiger partial charge in [0.2, 0.25) is 0 Å². The normalized spacial score (nSPS) is 27.1. The largest absolute Gasteiger partial charge is 0.480 e. The molecule has 1 aliphatic carbocycles. The highest BCUT2D eigenvalue weighted by molar-refractivity contribution is 5.79. The zero-order chi connectivity index (χ0) is 15.6. The molecule has 1 aromatic heterocycles. The van der Waals surface area contributed by atoms with Crippen molar-refractivity contribution in [1.29, 1.82) is 0 Å². The van der Waals surface area contributed by atoms with Crippen LogP contribution in [0.25, 0.3) is 0 Å². The van der Waals surface area contributed by atoms with E-state index >= 15 is 0 Å². The Morgan fingerprint density at radius 2 is 2.00 bits per heavy atom. The molecule has 0 radical (unpaired) electrons. The average Bonchev–Trinajstić information content (AvgIpc) is 2.92. The lowest BCUT2D eigenvalue weighted by molar-refractivity contribution is -0.142. The van der Waals surface area contributed by atoms with E-state index in [-0.39, 0.29) is 0 Å². The maximum absolute atomic E-state index is 11.2. The van der Waals surface area contributed by atoms with Crippen LogP contribution in [0.1, 0.15) is 55.8 Å². The van der Waals surface area contributed by atoms with Crippen molar-refractivity contribution in [2.24, 2.45) is 5.73 Å². The first-order valence-corrected chi connectivity index (χ1v) is 8.12. The molecule has 0 unspecified atom stereocenters. The summed E-state index contributed by atoms with van der Waals surface area (Å²) in [6, 6.07) is 0. The van der Waals surface area contributed by atoms with Crippen LogP contribution in [0, 0.1) is 0 Å². The summed E-state index contributed by atoms with van der Waals surface area (Å²) >= 11 is 0. The molecule has 0 spiro atoms. The molecule has 1 atom stereocenters. The van der Waals surface area contributed by atoms with Crippen LogP contribution in [-0.4, -0.2) is 44.6 Å². The Kier molecular flexibility index (Phi) is 4.40. The molecule has 6 nitrogen and oxygen atoms in total. The Morgan fingerprint density at radius 3 is 2.59 bits per heavy atom. The molecule has 1 saturated carbocycles. The van der Waals surface area contributed by atoms with Gasteiger partial charge < -0.3 is 10.8 Å². The van der Waals surface area contributed by atoms with Crippen LogP contribution in [0.15, 0.2) is 12.4 Å². The van der Waals surface area contributed by atoms with E-state index in [1.54, 1.807) is 0 Å². The van der Waals surface area contributed by atoms with Crippen molar-refractivity contribution in [2.45, 2.75) is 56.5 Å². The second-order valence-corrected chi connectivity index (χ2v) is 6.71. The first kappa shape index (κ1) is 15.4. The minimum atomic E-state index is -1.11. The van der Waals surface area contributed by atoms with Gasteiger partial charge >= 0.3 is 5.97 Å². The van der Waals surface area contributed by atoms with Gasteiger partial charge in [-0.1, -0.05) is 19.3 Å². The molecule has 22 heavy (non-hydrogen) atoms. The van der Waals surface area contributed by atoms with Crippen LogP contribution >= 0.6 is 0 Å². The molecule has 0 amide bonds. The van der Waals surface area contributed by atoms with Gasteiger partial charge in [-0.25, -0.2) is 9.97 Å². The molecule has 6 heteroatoms. The molecular weight excluding hydrogens is 280 g/mol. The van der Waals surface area contributed by atoms with Crippen molar-refractivity contribution in [1.82, 2.24) is 14.9 Å². The van der Waals surface area contributed by atoms with Crippen LogP contribution in [0.2, 0.25) is 0 Å². The van der Waals surface area contributed by atoms with Crippen molar-refractivity contribution in [3.8, 4) is 0 Å². The number of hydrogen-bond donors (Lipinski definition) is 2. The average molecular weight is 304 g/mol. The minimum Gasteiger partial charge on any atom is -0.480 e. The molecule has 2 heterocycles. The van der Waals surface area contributed by atoms with Gasteiger partial charge in [0.05, 0.1) is 0 Å². The first-order chi connectivity index (χ1) is 10.6. The molecule has 0 aromatic carbocycles. The fourth-order valence-electron chi connectivity index (χ4n) is 3.50. The van der Waals surface area contributed by atoms with E-state index < -0.39 is 11.5 Å². The maximum Gasteiger partial charge on any atom is 0.325 e. The number of carboxylic acid groups (broad SMARTS) is 1. The zero-order valence-corrected chi connectivity index (χ0v) is 12.9. The number of likely N-dealkylation sites (tertiary alicyclic amines) is 1. The molecule has 2 aliphatic rings. The number of nitrogens with zero attached hydrogens (tertiary/aromatic N) is 3. The quantitative estimate of drug-likeness (QED) is 0.876. The third-order valence-corrected chi connectivity index (χ3v) is 4.91. The van der Waals surface area contributed by atoms with E-state index in [1.165, 1.54) is 32.1 Å². The Hall–Kier alpha value is -1.53. The fraction of sp³-hybridized carbons (Fsp3) is 0.688. The van der Waals surface area contributed by atoms with Gasteiger partial charge in [0.25, 0.3) is 0 Å². The van der Waals surface area contributed by atoms with Crippen LogP contribution in [0.5, 0.6) is 0 Å². The SMILES string of the molecule is N[C@@]1(C(=O)O)CCN(Cc2cnc(C3CCCCC3)nc2)C1. The smallest absolute Gasteiger partial charge is 0.325 e. The maximum atomic E-state index is 11.2. The van der Waals surface area contributed by atoms with Crippen LogP contribution < -0.4 is 5.73 Å². The third-order valence-electron chi connectivity index (χ3n) is 4.91. The summed E-state index contributed by atoms with van der Waals surface area (Å²) in [5.74, 6) is 0.556. The fourth-order valence-corrected chi connectivity index (χ4v) is 3.50. The predicted molar refractivity (Wildman–Crippen MR) is 82.3 cm³/mol. The van der Waals surface area contributed by atoms with Crippen molar-refractivity contribution >= 4 is 5.97 Å². The van der Waals surface area contributed by atoms with Gasteiger partial charge in [0.15, 0.2) is 0 Å². The molecule has 1 aromatic rings. The second-order valence-electron chi connectivity index (χ2n) is 6.71. The van der Waals surface area contributed by atoms with Crippen LogP contribution in [0.3, 0.4) is 0 Å². The lowest BCUT2D eigenvalue weighted by Gasteiger charge is -2.21. The zero-order valence-electron chi connectivity index (χ0n) is 12.9. The standard InChI is InChI=1S/C16H24N4O2/c17-16(15(21)22)6-7-20(11-16)10-12-8-18-14(19-9-12)13-4-2-1-3-5-13/h8-9,13H,1-7,10-11,17H2,(H,21,22)/t16-/m0/s1. The second kappa shape index (κ2) is 6.30. The summed E-state index contributed by atoms with van der Waals surface area (Å²) < 4.78 is 0. The van der Waals surface area contributed by atoms with E-state index in [9.17, 15) is 4.79 Å². The van der Waals surface area contributed by atoms with E-state index in [2.05, 4.69) is 14.9 Å². The number of nitrogens with two attached hydrogens (primary N) is 1. The number of hydrogen-bond acceptors (Lipinski definition) is 5. The molecule has 0 bridgehead atoms. The summed E-state index contributed by atoms with van der Waals surface area (Å²) in [6.45, 7) is 1.75. The minimum absolute atomic E-state index is 0.382. The lowest BCUT2D eigenvalue weighted by atomic mass is 9.89. The summed E-state index contributed by atoms with van der Waals surface area (Å²) in [6.07, 6.45) is 10.5. The van der Waals surface area contributed by atoms with Crippen molar-refractivity contribution < 1.29 is 9.90 Å².